The van der Waals surface area contributed by atoms with Crippen LogP contribution in [0.5, 0.6) is 0 Å². The lowest BCUT2D eigenvalue weighted by atomic mass is 10.1. The predicted octanol–water partition coefficient (Wildman–Crippen LogP) is 6.31. The maximum Gasteiger partial charge on any atom is 0.266 e. The highest BCUT2D eigenvalue weighted by Gasteiger charge is 2.33. The van der Waals surface area contributed by atoms with E-state index < -0.39 is 0 Å². The molecule has 1 saturated heterocycles. The molecule has 1 fully saturated rings. The zero-order chi connectivity index (χ0) is 21.6. The molecule has 0 N–H and O–H groups in total. The first-order valence-electron chi connectivity index (χ1n) is 10.7. The molecular formula is C26H27N3OS. The summed E-state index contributed by atoms with van der Waals surface area (Å²) in [7, 11) is 0. The van der Waals surface area contributed by atoms with Crippen molar-refractivity contribution in [1.29, 1.82) is 0 Å². The van der Waals surface area contributed by atoms with Crippen LogP contribution in [-0.2, 0) is 11.2 Å². The molecule has 1 aromatic heterocycles. The van der Waals surface area contributed by atoms with Crippen LogP contribution in [0, 0.1) is 0 Å². The first kappa shape index (κ1) is 21.2. The molecule has 0 spiro atoms. The van der Waals surface area contributed by atoms with Gasteiger partial charge in [-0.1, -0.05) is 48.5 Å². The number of para-hydroxylation sites is 1. The van der Waals surface area contributed by atoms with E-state index in [1.54, 1.807) is 0 Å². The summed E-state index contributed by atoms with van der Waals surface area (Å²) in [4.78, 5) is 20.6. The van der Waals surface area contributed by atoms with Crippen molar-refractivity contribution >= 4 is 34.6 Å². The summed E-state index contributed by atoms with van der Waals surface area (Å²) >= 11 is 1.46. The number of amides is 1. The van der Waals surface area contributed by atoms with Gasteiger partial charge in [-0.2, -0.15) is 0 Å². The molecule has 3 aromatic rings. The second-order valence-electron chi connectivity index (χ2n) is 7.87. The van der Waals surface area contributed by atoms with Gasteiger partial charge in [-0.15, -0.1) is 0 Å². The molecule has 1 aliphatic heterocycles. The van der Waals surface area contributed by atoms with Crippen molar-refractivity contribution < 1.29 is 4.79 Å². The highest BCUT2D eigenvalue weighted by atomic mass is 32.2. The van der Waals surface area contributed by atoms with Gasteiger partial charge in [-0.05, 0) is 73.9 Å². The fourth-order valence-electron chi connectivity index (χ4n) is 3.48. The highest BCUT2D eigenvalue weighted by Crippen LogP contribution is 2.34. The number of hydrogen-bond donors (Lipinski definition) is 0. The van der Waals surface area contributed by atoms with Gasteiger partial charge in [0, 0.05) is 25.0 Å². The Morgan fingerprint density at radius 2 is 1.71 bits per heavy atom. The minimum Gasteiger partial charge on any atom is -0.351 e. The largest absolute Gasteiger partial charge is 0.351 e. The summed E-state index contributed by atoms with van der Waals surface area (Å²) in [5.74, 6) is 0.0324. The third-order valence-electron chi connectivity index (χ3n) is 5.19. The Bertz CT molecular complexity index is 1080. The van der Waals surface area contributed by atoms with Gasteiger partial charge in [0.1, 0.15) is 0 Å². The normalized spacial score (nSPS) is 16.7. The van der Waals surface area contributed by atoms with E-state index in [4.69, 9.17) is 4.99 Å². The Kier molecular flexibility index (Phi) is 6.73. The SMILES string of the molecule is CC(C)n1ccc(/C=C2/SC(=Nc3ccccc3)N(CCCc3ccccc3)C2=O)c1. The van der Waals surface area contributed by atoms with Gasteiger partial charge in [0.25, 0.3) is 5.91 Å². The zero-order valence-electron chi connectivity index (χ0n) is 17.9. The molecule has 1 amide bonds. The average molecular weight is 430 g/mol. The number of rotatable bonds is 7. The van der Waals surface area contributed by atoms with Crippen molar-refractivity contribution in [1.82, 2.24) is 9.47 Å². The van der Waals surface area contributed by atoms with Gasteiger partial charge in [0.05, 0.1) is 10.6 Å². The van der Waals surface area contributed by atoms with Crippen molar-refractivity contribution in [3.8, 4) is 0 Å². The number of aryl methyl sites for hydroxylation is 1. The van der Waals surface area contributed by atoms with E-state index in [1.807, 2.05) is 53.4 Å². The van der Waals surface area contributed by atoms with Gasteiger partial charge in [0.15, 0.2) is 5.17 Å². The minimum absolute atomic E-state index is 0.0324. The summed E-state index contributed by atoms with van der Waals surface area (Å²) in [6, 6.07) is 22.7. The number of amidine groups is 1. The number of aliphatic imine (C=N–C) groups is 1. The van der Waals surface area contributed by atoms with E-state index in [-0.39, 0.29) is 5.91 Å². The zero-order valence-corrected chi connectivity index (χ0v) is 18.8. The molecule has 158 valence electrons. The topological polar surface area (TPSA) is 37.6 Å². The summed E-state index contributed by atoms with van der Waals surface area (Å²) < 4.78 is 2.15. The molecule has 0 saturated carbocycles. The van der Waals surface area contributed by atoms with Crippen LogP contribution in [0.3, 0.4) is 0 Å². The van der Waals surface area contributed by atoms with Crippen LogP contribution >= 0.6 is 11.8 Å². The summed E-state index contributed by atoms with van der Waals surface area (Å²) in [6.07, 6.45) is 7.93. The summed E-state index contributed by atoms with van der Waals surface area (Å²) in [5, 5.41) is 0.749. The first-order valence-corrected chi connectivity index (χ1v) is 11.5. The Labute approximate surface area is 188 Å². The van der Waals surface area contributed by atoms with E-state index in [9.17, 15) is 4.79 Å². The third kappa shape index (κ3) is 5.36. The average Bonchev–Trinajstić information content (AvgIpc) is 3.36. The first-order chi connectivity index (χ1) is 15.1. The molecule has 5 heteroatoms. The number of thioether (sulfide) groups is 1. The van der Waals surface area contributed by atoms with Crippen LogP contribution in [0.25, 0.3) is 6.08 Å². The minimum atomic E-state index is 0.0324. The Balaban J connectivity index is 1.55. The summed E-state index contributed by atoms with van der Waals surface area (Å²) in [5.41, 5.74) is 3.18. The van der Waals surface area contributed by atoms with Gasteiger partial charge in [0.2, 0.25) is 0 Å². The Morgan fingerprint density at radius 1 is 1.00 bits per heavy atom. The lowest BCUT2D eigenvalue weighted by molar-refractivity contribution is -0.122. The molecule has 2 aromatic carbocycles. The van der Waals surface area contributed by atoms with Crippen molar-refractivity contribution in [3.63, 3.8) is 0 Å². The number of carbonyl (C=O) groups is 1. The van der Waals surface area contributed by atoms with Gasteiger partial charge >= 0.3 is 0 Å². The van der Waals surface area contributed by atoms with E-state index >= 15 is 0 Å². The molecule has 2 heterocycles. The van der Waals surface area contributed by atoms with Crippen LogP contribution in [0.1, 0.15) is 37.4 Å². The van der Waals surface area contributed by atoms with Gasteiger partial charge in [-0.25, -0.2) is 4.99 Å². The fourth-order valence-corrected chi connectivity index (χ4v) is 4.50. The number of aromatic nitrogens is 1. The number of carbonyl (C=O) groups excluding carboxylic acids is 1. The molecule has 0 atom stereocenters. The summed E-state index contributed by atoms with van der Waals surface area (Å²) in [6.45, 7) is 4.94. The molecule has 0 radical (unpaired) electrons. The number of hydrogen-bond acceptors (Lipinski definition) is 3. The van der Waals surface area contributed by atoms with Crippen LogP contribution in [0.2, 0.25) is 0 Å². The molecule has 0 unspecified atom stereocenters. The monoisotopic (exact) mass is 429 g/mol. The van der Waals surface area contributed by atoms with Crippen LogP contribution in [-0.4, -0.2) is 27.1 Å². The smallest absolute Gasteiger partial charge is 0.266 e. The molecule has 0 bridgehead atoms. The van der Waals surface area contributed by atoms with Crippen LogP contribution < -0.4 is 0 Å². The highest BCUT2D eigenvalue weighted by molar-refractivity contribution is 8.18. The maximum absolute atomic E-state index is 13.2. The van der Waals surface area contributed by atoms with Gasteiger partial charge < -0.3 is 4.57 Å². The van der Waals surface area contributed by atoms with E-state index in [2.05, 4.69) is 55.1 Å². The predicted molar refractivity (Wildman–Crippen MR) is 130 cm³/mol. The van der Waals surface area contributed by atoms with Crippen molar-refractivity contribution in [2.24, 2.45) is 4.99 Å². The quantitative estimate of drug-likeness (QED) is 0.413. The van der Waals surface area contributed by atoms with E-state index in [1.165, 1.54) is 17.3 Å². The molecule has 31 heavy (non-hydrogen) atoms. The maximum atomic E-state index is 13.2. The van der Waals surface area contributed by atoms with Crippen molar-refractivity contribution in [2.75, 3.05) is 6.54 Å². The molecule has 4 rings (SSSR count). The van der Waals surface area contributed by atoms with E-state index in [0.717, 1.165) is 34.2 Å². The molecule has 4 nitrogen and oxygen atoms in total. The van der Waals surface area contributed by atoms with Gasteiger partial charge in [-0.3, -0.25) is 9.69 Å². The fraction of sp³-hybridized carbons (Fsp3) is 0.231. The lowest BCUT2D eigenvalue weighted by Crippen LogP contribution is -2.30. The second-order valence-corrected chi connectivity index (χ2v) is 8.88. The number of benzene rings is 2. The lowest BCUT2D eigenvalue weighted by Gasteiger charge is -2.15. The van der Waals surface area contributed by atoms with Crippen LogP contribution in [0.4, 0.5) is 5.69 Å². The van der Waals surface area contributed by atoms with Crippen molar-refractivity contribution in [3.05, 3.63) is 95.2 Å². The van der Waals surface area contributed by atoms with Crippen molar-refractivity contribution in [2.45, 2.75) is 32.7 Å². The second kappa shape index (κ2) is 9.84. The third-order valence-corrected chi connectivity index (χ3v) is 6.20. The molecule has 0 aliphatic carbocycles. The standard InChI is InChI=1S/C26H27N3OS/c1-20(2)28-17-15-22(19-28)18-24-25(30)29(16-9-12-21-10-5-3-6-11-21)26(31-24)27-23-13-7-4-8-14-23/h3-8,10-11,13-15,17-20H,9,12,16H2,1-2H3/b24-18+,27-26?. The molecule has 1 aliphatic rings. The van der Waals surface area contributed by atoms with Crippen LogP contribution in [0.15, 0.2) is 89.0 Å². The van der Waals surface area contributed by atoms with E-state index in [0.29, 0.717) is 12.6 Å². The Hall–Kier alpha value is -3.05. The Morgan fingerprint density at radius 3 is 2.39 bits per heavy atom. The number of nitrogens with zero attached hydrogens (tertiary/aromatic N) is 3. The molecular weight excluding hydrogens is 402 g/mol.